The highest BCUT2D eigenvalue weighted by atomic mass is 79.9. The molecular formula is C51H62BrF2N10O4P. The second-order valence-corrected chi connectivity index (χ2v) is 23.0. The largest absolute Gasteiger partial charge is 0.494 e. The van der Waals surface area contributed by atoms with Crippen LogP contribution in [0, 0.1) is 11.6 Å². The molecule has 366 valence electrons. The molecule has 9 rings (SSSR count). The SMILES string of the molecule is CCc1ccc2c(P(C)(C)=O)c(Nc3nc(Nc4cc(CC)c(N5CCC(N6CCN(C7CCN(c8cc(F)c([C@H]9CCC(=O)NC9=O)c(F)c8)CC7)CC6)CC5)cc4OC)ncc3Br)ccc2n1. The second-order valence-electron chi connectivity index (χ2n) is 19.0. The fourth-order valence-electron chi connectivity index (χ4n) is 10.8. The number of benzene rings is 3. The third-order valence-corrected chi connectivity index (χ3v) is 16.6. The summed E-state index contributed by atoms with van der Waals surface area (Å²) in [6.45, 7) is 15.1. The lowest BCUT2D eigenvalue weighted by Gasteiger charge is -2.46. The third kappa shape index (κ3) is 10.5. The molecule has 18 heteroatoms. The molecule has 4 fully saturated rings. The van der Waals surface area contributed by atoms with Crippen LogP contribution in [0.25, 0.3) is 10.9 Å². The number of anilines is 6. The van der Waals surface area contributed by atoms with Crippen molar-refractivity contribution in [2.45, 2.75) is 83.2 Å². The number of aromatic nitrogens is 3. The molecule has 4 aliphatic rings. The van der Waals surface area contributed by atoms with Gasteiger partial charge in [0.05, 0.1) is 34.4 Å². The summed E-state index contributed by atoms with van der Waals surface area (Å²) in [7, 11) is -1.06. The zero-order chi connectivity index (χ0) is 48.6. The lowest BCUT2D eigenvalue weighted by Crippen LogP contribution is -2.56. The number of piperazine rings is 1. The van der Waals surface area contributed by atoms with Gasteiger partial charge >= 0.3 is 0 Å². The number of ether oxygens (including phenoxy) is 1. The first-order valence-corrected chi connectivity index (χ1v) is 27.7. The Bertz CT molecular complexity index is 2770. The molecule has 0 bridgehead atoms. The van der Waals surface area contributed by atoms with E-state index in [0.29, 0.717) is 58.5 Å². The number of rotatable bonds is 13. The van der Waals surface area contributed by atoms with Gasteiger partial charge in [-0.2, -0.15) is 4.98 Å². The number of methoxy groups -OCH3 is 1. The predicted molar refractivity (Wildman–Crippen MR) is 274 cm³/mol. The first-order chi connectivity index (χ1) is 33.2. The van der Waals surface area contributed by atoms with Crippen LogP contribution < -0.4 is 35.8 Å². The van der Waals surface area contributed by atoms with Gasteiger partial charge in [-0.15, -0.1) is 0 Å². The molecule has 5 aromatic rings. The summed E-state index contributed by atoms with van der Waals surface area (Å²) in [6.07, 6.45) is 7.49. The minimum absolute atomic E-state index is 0.0655. The first kappa shape index (κ1) is 48.8. The number of fused-ring (bicyclic) bond motifs is 1. The molecule has 3 N–H and O–H groups in total. The Balaban J connectivity index is 0.790. The highest BCUT2D eigenvalue weighted by molar-refractivity contribution is 9.10. The van der Waals surface area contributed by atoms with Gasteiger partial charge in [0.1, 0.15) is 30.3 Å². The van der Waals surface area contributed by atoms with Crippen LogP contribution in [-0.4, -0.2) is 121 Å². The Morgan fingerprint density at radius 1 is 0.797 bits per heavy atom. The predicted octanol–water partition coefficient (Wildman–Crippen LogP) is 8.71. The highest BCUT2D eigenvalue weighted by Gasteiger charge is 2.35. The van der Waals surface area contributed by atoms with Crippen LogP contribution in [0.15, 0.2) is 59.2 Å². The van der Waals surface area contributed by atoms with Crippen molar-refractivity contribution in [1.29, 1.82) is 0 Å². The molecule has 69 heavy (non-hydrogen) atoms. The number of nitrogens with zero attached hydrogens (tertiary/aromatic N) is 7. The third-order valence-electron chi connectivity index (χ3n) is 14.5. The van der Waals surface area contributed by atoms with Crippen molar-refractivity contribution in [3.63, 3.8) is 0 Å². The maximum atomic E-state index is 15.3. The minimum Gasteiger partial charge on any atom is -0.494 e. The van der Waals surface area contributed by atoms with Crippen LogP contribution in [0.3, 0.4) is 0 Å². The van der Waals surface area contributed by atoms with E-state index in [0.717, 1.165) is 105 Å². The van der Waals surface area contributed by atoms with E-state index in [1.807, 2.05) is 29.2 Å². The zero-order valence-corrected chi connectivity index (χ0v) is 42.6. The molecule has 0 unspecified atom stereocenters. The number of halogens is 3. The van der Waals surface area contributed by atoms with Gasteiger partial charge in [0.15, 0.2) is 0 Å². The van der Waals surface area contributed by atoms with Crippen LogP contribution in [0.2, 0.25) is 0 Å². The molecule has 4 saturated heterocycles. The average Bonchev–Trinajstić information content (AvgIpc) is 3.34. The van der Waals surface area contributed by atoms with Gasteiger partial charge in [-0.25, -0.2) is 13.8 Å². The molecule has 2 amide bonds. The quantitative estimate of drug-likeness (QED) is 0.0764. The number of hydrogen-bond donors (Lipinski definition) is 3. The van der Waals surface area contributed by atoms with Crippen LogP contribution >= 0.6 is 23.1 Å². The Hall–Kier alpha value is -5.22. The van der Waals surface area contributed by atoms with Crippen molar-refractivity contribution < 1.29 is 27.7 Å². The molecule has 4 aliphatic heterocycles. The van der Waals surface area contributed by atoms with Gasteiger partial charge < -0.3 is 29.7 Å². The highest BCUT2D eigenvalue weighted by Crippen LogP contribution is 2.43. The number of pyridine rings is 1. The summed E-state index contributed by atoms with van der Waals surface area (Å²) >= 11 is 3.63. The van der Waals surface area contributed by atoms with Crippen molar-refractivity contribution in [1.82, 2.24) is 30.1 Å². The van der Waals surface area contributed by atoms with Crippen molar-refractivity contribution in [3.05, 3.63) is 87.7 Å². The summed E-state index contributed by atoms with van der Waals surface area (Å²) in [6, 6.07) is 15.8. The molecule has 6 heterocycles. The summed E-state index contributed by atoms with van der Waals surface area (Å²) in [5.41, 5.74) is 5.90. The topological polar surface area (TPSA) is 148 Å². The summed E-state index contributed by atoms with van der Waals surface area (Å²) in [5, 5.41) is 10.7. The van der Waals surface area contributed by atoms with Crippen LogP contribution in [0.5, 0.6) is 5.75 Å². The average molecular weight is 1030 g/mol. The number of imide groups is 1. The fraction of sp³-hybridized carbons (Fsp3) is 0.471. The van der Waals surface area contributed by atoms with E-state index in [1.165, 1.54) is 23.4 Å². The Morgan fingerprint density at radius 3 is 2.04 bits per heavy atom. The molecule has 3 aromatic carbocycles. The maximum Gasteiger partial charge on any atom is 0.234 e. The molecule has 0 radical (unpaired) electrons. The Morgan fingerprint density at radius 2 is 1.45 bits per heavy atom. The Labute approximate surface area is 411 Å². The van der Waals surface area contributed by atoms with E-state index in [9.17, 15) is 14.2 Å². The van der Waals surface area contributed by atoms with Crippen LogP contribution in [-0.2, 0) is 27.0 Å². The molecule has 1 atom stereocenters. The van der Waals surface area contributed by atoms with Crippen molar-refractivity contribution in [3.8, 4) is 5.75 Å². The number of amides is 2. The monoisotopic (exact) mass is 1030 g/mol. The second kappa shape index (κ2) is 20.6. The number of hydrogen-bond acceptors (Lipinski definition) is 13. The van der Waals surface area contributed by atoms with Gasteiger partial charge in [0.25, 0.3) is 0 Å². The van der Waals surface area contributed by atoms with Crippen molar-refractivity contribution >= 4 is 85.6 Å². The lowest BCUT2D eigenvalue weighted by molar-refractivity contribution is -0.134. The molecule has 2 aromatic heterocycles. The smallest absolute Gasteiger partial charge is 0.234 e. The minimum atomic E-state index is -2.75. The maximum absolute atomic E-state index is 15.3. The lowest BCUT2D eigenvalue weighted by atomic mass is 9.89. The number of piperidine rings is 3. The van der Waals surface area contributed by atoms with E-state index in [-0.39, 0.29) is 18.4 Å². The number of nitrogens with one attached hydrogen (secondary N) is 3. The molecule has 14 nitrogen and oxygen atoms in total. The molecule has 0 aliphatic carbocycles. The number of aryl methyl sites for hydroxylation is 2. The van der Waals surface area contributed by atoms with E-state index in [2.05, 4.69) is 77.5 Å². The van der Waals surface area contributed by atoms with E-state index >= 15 is 8.78 Å². The standard InChI is InChI=1S/C51H62BrF2N10O4P/c1-6-31-26-43(58-51-55-30-38(52)49(60-51)57-42-12-11-41-36(48(42)69(4,5)67)9-8-32(7-2)56-41)45(68-3)29-44(31)64-20-16-34(17-21-64)63-24-22-62(23-25-63)33-14-18-61(19-15-33)35-27-39(53)47(40(54)28-35)37-10-13-46(65)59-50(37)66/h8-9,11-12,26-30,33-34,37H,6-7,10,13-25H2,1-5H3,(H,59,65,66)(H2,55,57,58,60)/t37-/m1/s1. The van der Waals surface area contributed by atoms with E-state index < -0.39 is 36.5 Å². The van der Waals surface area contributed by atoms with Gasteiger partial charge in [0.2, 0.25) is 17.8 Å². The zero-order valence-electron chi connectivity index (χ0n) is 40.1. The van der Waals surface area contributed by atoms with Crippen LogP contribution in [0.4, 0.5) is 43.3 Å². The van der Waals surface area contributed by atoms with E-state index in [1.54, 1.807) is 26.6 Å². The van der Waals surface area contributed by atoms with Gasteiger partial charge in [0, 0.05) is 116 Å². The molecular weight excluding hydrogens is 966 g/mol. The fourth-order valence-corrected chi connectivity index (χ4v) is 12.6. The van der Waals surface area contributed by atoms with Crippen molar-refractivity contribution in [2.24, 2.45) is 0 Å². The summed E-state index contributed by atoms with van der Waals surface area (Å²) < 4.78 is 51.0. The number of carbonyl (C=O) groups excluding carboxylic acids is 2. The Kier molecular flexibility index (Phi) is 14.6. The van der Waals surface area contributed by atoms with Gasteiger partial charge in [-0.05, 0) is 116 Å². The van der Waals surface area contributed by atoms with Gasteiger partial charge in [-0.3, -0.25) is 29.7 Å². The number of carbonyl (C=O) groups is 2. The molecule has 0 spiro atoms. The summed E-state index contributed by atoms with van der Waals surface area (Å²) in [5.74, 6) is -1.91. The van der Waals surface area contributed by atoms with Crippen LogP contribution in [0.1, 0.15) is 75.1 Å². The first-order valence-electron chi connectivity index (χ1n) is 24.3. The summed E-state index contributed by atoms with van der Waals surface area (Å²) in [4.78, 5) is 48.0. The van der Waals surface area contributed by atoms with E-state index in [4.69, 9.17) is 14.7 Å². The normalized spacial score (nSPS) is 19.3. The van der Waals surface area contributed by atoms with Gasteiger partial charge in [-0.1, -0.05) is 19.9 Å². The molecule has 0 saturated carbocycles. The van der Waals surface area contributed by atoms with Crippen molar-refractivity contribution in [2.75, 3.05) is 93.2 Å².